The first kappa shape index (κ1) is 14.9. The lowest BCUT2D eigenvalue weighted by atomic mass is 10.0. The van der Waals surface area contributed by atoms with Crippen LogP contribution in [-0.4, -0.2) is 33.6 Å². The van der Waals surface area contributed by atoms with Gasteiger partial charge in [0.1, 0.15) is 5.58 Å². The summed E-state index contributed by atoms with van der Waals surface area (Å²) in [5.41, 5.74) is 2.61. The molecule has 0 aliphatic rings. The summed E-state index contributed by atoms with van der Waals surface area (Å²) in [4.78, 5) is 12.4. The zero-order valence-electron chi connectivity index (χ0n) is 13.2. The topological polar surface area (TPSA) is 106 Å². The lowest BCUT2D eigenvalue weighted by molar-refractivity contribution is 0.0994. The van der Waals surface area contributed by atoms with Gasteiger partial charge in [-0.15, -0.1) is 5.10 Å². The summed E-state index contributed by atoms with van der Waals surface area (Å²) in [5.74, 6) is -0.0607. The van der Waals surface area contributed by atoms with E-state index in [-0.39, 0.29) is 11.7 Å². The first-order chi connectivity index (χ1) is 12.3. The molecule has 0 saturated heterocycles. The van der Waals surface area contributed by atoms with Crippen LogP contribution in [0.1, 0.15) is 10.6 Å². The summed E-state index contributed by atoms with van der Waals surface area (Å²) in [7, 11) is 1.49. The summed E-state index contributed by atoms with van der Waals surface area (Å²) >= 11 is 0. The molecule has 0 aliphatic carbocycles. The Balaban J connectivity index is 1.77. The van der Waals surface area contributed by atoms with Gasteiger partial charge in [0.2, 0.25) is 5.76 Å². The predicted molar refractivity (Wildman–Crippen MR) is 90.3 cm³/mol. The molecule has 0 spiro atoms. The van der Waals surface area contributed by atoms with E-state index in [9.17, 15) is 4.79 Å². The van der Waals surface area contributed by atoms with Crippen LogP contribution in [0.4, 0.5) is 5.95 Å². The predicted octanol–water partition coefficient (Wildman–Crippen LogP) is 2.87. The van der Waals surface area contributed by atoms with Gasteiger partial charge in [-0.3, -0.25) is 10.1 Å². The number of carbonyl (C=O) groups excluding carboxylic acids is 1. The zero-order chi connectivity index (χ0) is 17.2. The molecule has 1 amide bonds. The number of carbonyl (C=O) groups is 1. The molecule has 2 heterocycles. The number of aromatic nitrogens is 4. The maximum atomic E-state index is 12.4. The van der Waals surface area contributed by atoms with Crippen molar-refractivity contribution in [1.82, 2.24) is 20.6 Å². The van der Waals surface area contributed by atoms with Crippen LogP contribution < -0.4 is 10.1 Å². The van der Waals surface area contributed by atoms with Crippen LogP contribution in [0.25, 0.3) is 22.1 Å². The van der Waals surface area contributed by atoms with Crippen LogP contribution >= 0.6 is 0 Å². The van der Waals surface area contributed by atoms with E-state index >= 15 is 0 Å². The van der Waals surface area contributed by atoms with E-state index < -0.39 is 5.91 Å². The molecule has 4 aromatic rings. The monoisotopic (exact) mass is 335 g/mol. The Hall–Kier alpha value is -3.68. The van der Waals surface area contributed by atoms with Gasteiger partial charge < -0.3 is 9.15 Å². The molecule has 0 unspecified atom stereocenters. The second-order valence-electron chi connectivity index (χ2n) is 5.23. The van der Waals surface area contributed by atoms with Gasteiger partial charge >= 0.3 is 0 Å². The molecule has 25 heavy (non-hydrogen) atoms. The lowest BCUT2D eigenvalue weighted by Crippen LogP contribution is -2.13. The highest BCUT2D eigenvalue weighted by Crippen LogP contribution is 2.36. The number of methoxy groups -OCH3 is 1. The number of benzene rings is 2. The minimum atomic E-state index is -0.518. The quantitative estimate of drug-likeness (QED) is 0.594. The van der Waals surface area contributed by atoms with Crippen LogP contribution in [-0.2, 0) is 0 Å². The highest BCUT2D eigenvalue weighted by molar-refractivity contribution is 6.07. The number of nitrogens with zero attached hydrogens (tertiary/aromatic N) is 3. The molecule has 4 rings (SSSR count). The van der Waals surface area contributed by atoms with Crippen molar-refractivity contribution in [3.05, 3.63) is 54.3 Å². The smallest absolute Gasteiger partial charge is 0.297 e. The van der Waals surface area contributed by atoms with Crippen molar-refractivity contribution in [1.29, 1.82) is 0 Å². The van der Waals surface area contributed by atoms with Crippen molar-refractivity contribution in [3.8, 4) is 16.9 Å². The Kier molecular flexibility index (Phi) is 3.62. The number of H-pyrrole nitrogens is 1. The summed E-state index contributed by atoms with van der Waals surface area (Å²) in [6, 6.07) is 15.6. The highest BCUT2D eigenvalue weighted by atomic mass is 16.5. The molecule has 2 N–H and O–H groups in total. The maximum Gasteiger partial charge on any atom is 0.297 e. The minimum Gasteiger partial charge on any atom is -0.492 e. The van der Waals surface area contributed by atoms with Gasteiger partial charge in [-0.2, -0.15) is 5.21 Å². The van der Waals surface area contributed by atoms with E-state index in [1.165, 1.54) is 7.11 Å². The molecule has 0 saturated carbocycles. The van der Waals surface area contributed by atoms with Crippen molar-refractivity contribution in [2.75, 3.05) is 12.4 Å². The SMILES string of the molecule is COc1c(C(=O)Nc2nn[nH]n2)oc2ccc(-c3ccccc3)cc12. The summed E-state index contributed by atoms with van der Waals surface area (Å²) in [6.07, 6.45) is 0. The first-order valence-corrected chi connectivity index (χ1v) is 7.47. The third kappa shape index (κ3) is 2.69. The number of tetrazole rings is 1. The molecule has 0 aliphatic heterocycles. The number of rotatable bonds is 4. The van der Waals surface area contributed by atoms with Crippen molar-refractivity contribution in [3.63, 3.8) is 0 Å². The van der Waals surface area contributed by atoms with Gasteiger partial charge in [-0.1, -0.05) is 41.5 Å². The normalized spacial score (nSPS) is 10.8. The Morgan fingerprint density at radius 2 is 2.00 bits per heavy atom. The standard InChI is InChI=1S/C17H13N5O3/c1-24-14-12-9-11(10-5-3-2-4-6-10)7-8-13(12)25-15(14)16(23)18-17-19-21-22-20-17/h2-9H,1H3,(H2,18,19,20,21,22,23). The number of anilines is 1. The molecule has 2 aromatic heterocycles. The minimum absolute atomic E-state index is 0.0486. The molecule has 0 bridgehead atoms. The Morgan fingerprint density at radius 1 is 1.16 bits per heavy atom. The molecular weight excluding hydrogens is 322 g/mol. The van der Waals surface area contributed by atoms with Crippen LogP contribution in [0.2, 0.25) is 0 Å². The fourth-order valence-electron chi connectivity index (χ4n) is 2.61. The number of fused-ring (bicyclic) bond motifs is 1. The van der Waals surface area contributed by atoms with Gasteiger partial charge in [-0.05, 0) is 28.5 Å². The third-order valence-electron chi connectivity index (χ3n) is 3.73. The van der Waals surface area contributed by atoms with Gasteiger partial charge in [-0.25, -0.2) is 0 Å². The largest absolute Gasteiger partial charge is 0.492 e. The van der Waals surface area contributed by atoms with E-state index in [1.807, 2.05) is 48.5 Å². The average molecular weight is 335 g/mol. The lowest BCUT2D eigenvalue weighted by Gasteiger charge is -2.03. The molecule has 8 nitrogen and oxygen atoms in total. The summed E-state index contributed by atoms with van der Waals surface area (Å²) < 4.78 is 11.1. The summed E-state index contributed by atoms with van der Waals surface area (Å²) in [6.45, 7) is 0. The zero-order valence-corrected chi connectivity index (χ0v) is 13.2. The molecule has 124 valence electrons. The van der Waals surface area contributed by atoms with Gasteiger partial charge in [0.15, 0.2) is 5.75 Å². The number of nitrogens with one attached hydrogen (secondary N) is 2. The fraction of sp³-hybridized carbons (Fsp3) is 0.0588. The third-order valence-corrected chi connectivity index (χ3v) is 3.73. The Bertz CT molecular complexity index is 1030. The van der Waals surface area contributed by atoms with E-state index in [0.29, 0.717) is 16.7 Å². The van der Waals surface area contributed by atoms with Crippen LogP contribution in [0, 0.1) is 0 Å². The van der Waals surface area contributed by atoms with Gasteiger partial charge in [0, 0.05) is 0 Å². The Morgan fingerprint density at radius 3 is 2.72 bits per heavy atom. The van der Waals surface area contributed by atoms with Crippen molar-refractivity contribution in [2.45, 2.75) is 0 Å². The van der Waals surface area contributed by atoms with E-state index in [0.717, 1.165) is 11.1 Å². The number of amides is 1. The van der Waals surface area contributed by atoms with Crippen LogP contribution in [0.3, 0.4) is 0 Å². The number of hydrogen-bond acceptors (Lipinski definition) is 6. The Labute approximate surface area is 141 Å². The van der Waals surface area contributed by atoms with E-state index in [1.54, 1.807) is 0 Å². The van der Waals surface area contributed by atoms with E-state index in [2.05, 4.69) is 25.9 Å². The molecule has 0 atom stereocenters. The van der Waals surface area contributed by atoms with E-state index in [4.69, 9.17) is 9.15 Å². The van der Waals surface area contributed by atoms with Crippen LogP contribution in [0.15, 0.2) is 52.9 Å². The molecule has 8 heteroatoms. The maximum absolute atomic E-state index is 12.4. The fourth-order valence-corrected chi connectivity index (χ4v) is 2.61. The van der Waals surface area contributed by atoms with Gasteiger partial charge in [0.25, 0.3) is 11.9 Å². The second kappa shape index (κ2) is 6.08. The average Bonchev–Trinajstić information content (AvgIpc) is 3.28. The van der Waals surface area contributed by atoms with Crippen LogP contribution in [0.5, 0.6) is 5.75 Å². The number of hydrogen-bond donors (Lipinski definition) is 2. The van der Waals surface area contributed by atoms with Crippen molar-refractivity contribution in [2.24, 2.45) is 0 Å². The van der Waals surface area contributed by atoms with Crippen molar-refractivity contribution < 1.29 is 13.9 Å². The van der Waals surface area contributed by atoms with Gasteiger partial charge in [0.05, 0.1) is 12.5 Å². The first-order valence-electron chi connectivity index (χ1n) is 7.47. The molecule has 0 fully saturated rings. The molecule has 0 radical (unpaired) electrons. The van der Waals surface area contributed by atoms with Crippen molar-refractivity contribution >= 4 is 22.8 Å². The molecule has 2 aromatic carbocycles. The summed E-state index contributed by atoms with van der Waals surface area (Å²) in [5, 5.41) is 16.2. The number of ether oxygens (including phenoxy) is 1. The highest BCUT2D eigenvalue weighted by Gasteiger charge is 2.23. The second-order valence-corrected chi connectivity index (χ2v) is 5.23. The number of furan rings is 1. The molecular formula is C17H13N5O3. The number of aromatic amines is 1.